The highest BCUT2D eigenvalue weighted by Gasteiger charge is 2.06. The minimum absolute atomic E-state index is 0.0396. The van der Waals surface area contributed by atoms with E-state index in [-0.39, 0.29) is 5.91 Å². The van der Waals surface area contributed by atoms with Crippen LogP contribution in [0.3, 0.4) is 0 Å². The second kappa shape index (κ2) is 8.11. The second-order valence-electron chi connectivity index (χ2n) is 5.58. The van der Waals surface area contributed by atoms with Gasteiger partial charge in [0.05, 0.1) is 0 Å². The predicted molar refractivity (Wildman–Crippen MR) is 94.9 cm³/mol. The van der Waals surface area contributed by atoms with Gasteiger partial charge in [-0.1, -0.05) is 46.3 Å². The van der Waals surface area contributed by atoms with Gasteiger partial charge >= 0.3 is 0 Å². The average molecular weight is 361 g/mol. The summed E-state index contributed by atoms with van der Waals surface area (Å²) < 4.78 is 1.05. The Bertz CT molecular complexity index is 640. The molecule has 116 valence electrons. The van der Waals surface area contributed by atoms with Crippen LogP contribution in [0.2, 0.25) is 0 Å². The molecule has 1 amide bonds. The van der Waals surface area contributed by atoms with Crippen LogP contribution in [0.1, 0.15) is 17.5 Å². The first-order valence-electron chi connectivity index (χ1n) is 7.31. The Morgan fingerprint density at radius 1 is 1.14 bits per heavy atom. The molecule has 0 fully saturated rings. The molecule has 2 aromatic rings. The molecule has 0 aliphatic heterocycles. The van der Waals surface area contributed by atoms with Crippen LogP contribution in [-0.4, -0.2) is 24.9 Å². The zero-order valence-electron chi connectivity index (χ0n) is 13.0. The number of nitrogens with zero attached hydrogens (tertiary/aromatic N) is 1. The first kappa shape index (κ1) is 16.7. The topological polar surface area (TPSA) is 32.3 Å². The predicted octanol–water partition coefficient (Wildman–Crippen LogP) is 4.08. The SMILES string of the molecule is CN(C)Cc1cccc(NC(=O)CCc2ccccc2Br)c1. The molecule has 4 heteroatoms. The fraction of sp³-hybridized carbons (Fsp3) is 0.278. The maximum absolute atomic E-state index is 12.1. The summed E-state index contributed by atoms with van der Waals surface area (Å²) in [7, 11) is 4.06. The number of carbonyl (C=O) groups is 1. The van der Waals surface area contributed by atoms with Crippen LogP contribution in [0.4, 0.5) is 5.69 Å². The van der Waals surface area contributed by atoms with E-state index in [0.717, 1.165) is 28.7 Å². The van der Waals surface area contributed by atoms with E-state index >= 15 is 0 Å². The Balaban J connectivity index is 1.91. The van der Waals surface area contributed by atoms with E-state index in [2.05, 4.69) is 32.2 Å². The van der Waals surface area contributed by atoms with Crippen LogP contribution in [-0.2, 0) is 17.8 Å². The van der Waals surface area contributed by atoms with Gasteiger partial charge in [-0.3, -0.25) is 4.79 Å². The van der Waals surface area contributed by atoms with Gasteiger partial charge in [0.1, 0.15) is 0 Å². The lowest BCUT2D eigenvalue weighted by atomic mass is 10.1. The molecular formula is C18H21BrN2O. The number of rotatable bonds is 6. The minimum atomic E-state index is 0.0396. The van der Waals surface area contributed by atoms with E-state index in [9.17, 15) is 4.79 Å². The molecule has 2 aromatic carbocycles. The molecule has 1 N–H and O–H groups in total. The molecule has 0 atom stereocenters. The molecule has 0 bridgehead atoms. The molecule has 0 heterocycles. The highest BCUT2D eigenvalue weighted by molar-refractivity contribution is 9.10. The minimum Gasteiger partial charge on any atom is -0.326 e. The molecule has 0 saturated carbocycles. The smallest absolute Gasteiger partial charge is 0.224 e. The third-order valence-corrected chi connectivity index (χ3v) is 4.06. The summed E-state index contributed by atoms with van der Waals surface area (Å²) in [6, 6.07) is 16.0. The maximum atomic E-state index is 12.1. The van der Waals surface area contributed by atoms with Crippen molar-refractivity contribution in [1.82, 2.24) is 4.90 Å². The van der Waals surface area contributed by atoms with Crippen molar-refractivity contribution in [2.45, 2.75) is 19.4 Å². The third-order valence-electron chi connectivity index (χ3n) is 3.29. The number of aryl methyl sites for hydroxylation is 1. The molecule has 22 heavy (non-hydrogen) atoms. The fourth-order valence-corrected chi connectivity index (χ4v) is 2.77. The Labute approximate surface area is 140 Å². The molecule has 0 aliphatic carbocycles. The zero-order valence-corrected chi connectivity index (χ0v) is 14.6. The van der Waals surface area contributed by atoms with Gasteiger partial charge in [-0.05, 0) is 49.8 Å². The second-order valence-corrected chi connectivity index (χ2v) is 6.43. The van der Waals surface area contributed by atoms with E-state index in [0.29, 0.717) is 6.42 Å². The van der Waals surface area contributed by atoms with Crippen molar-refractivity contribution in [3.63, 3.8) is 0 Å². The van der Waals surface area contributed by atoms with E-state index in [1.54, 1.807) is 0 Å². The van der Waals surface area contributed by atoms with E-state index in [1.807, 2.05) is 56.6 Å². The number of halogens is 1. The van der Waals surface area contributed by atoms with Crippen LogP contribution in [0.15, 0.2) is 53.0 Å². The van der Waals surface area contributed by atoms with Gasteiger partial charge in [-0.15, -0.1) is 0 Å². The summed E-state index contributed by atoms with van der Waals surface area (Å²) in [6.07, 6.45) is 1.20. The third kappa shape index (κ3) is 5.28. The van der Waals surface area contributed by atoms with Gasteiger partial charge in [-0.25, -0.2) is 0 Å². The number of nitrogens with one attached hydrogen (secondary N) is 1. The number of amides is 1. The van der Waals surface area contributed by atoms with Crippen LogP contribution < -0.4 is 5.32 Å². The Morgan fingerprint density at radius 3 is 2.64 bits per heavy atom. The van der Waals surface area contributed by atoms with Crippen LogP contribution >= 0.6 is 15.9 Å². The quantitative estimate of drug-likeness (QED) is 0.841. The molecule has 3 nitrogen and oxygen atoms in total. The average Bonchev–Trinajstić information content (AvgIpc) is 2.46. The highest BCUT2D eigenvalue weighted by atomic mass is 79.9. The summed E-state index contributed by atoms with van der Waals surface area (Å²) in [5.41, 5.74) is 3.20. The van der Waals surface area contributed by atoms with Gasteiger partial charge in [0.25, 0.3) is 0 Å². The number of hydrogen-bond donors (Lipinski definition) is 1. The van der Waals surface area contributed by atoms with Crippen molar-refractivity contribution in [2.24, 2.45) is 0 Å². The summed E-state index contributed by atoms with van der Waals surface area (Å²) in [5.74, 6) is 0.0396. The normalized spacial score (nSPS) is 10.7. The lowest BCUT2D eigenvalue weighted by Crippen LogP contribution is -2.14. The van der Waals surface area contributed by atoms with Crippen molar-refractivity contribution in [3.8, 4) is 0 Å². The number of benzene rings is 2. The summed E-state index contributed by atoms with van der Waals surface area (Å²) in [6.45, 7) is 0.862. The Morgan fingerprint density at radius 2 is 1.91 bits per heavy atom. The fourth-order valence-electron chi connectivity index (χ4n) is 2.29. The number of carbonyl (C=O) groups excluding carboxylic acids is 1. The molecule has 0 aliphatic rings. The first-order valence-corrected chi connectivity index (χ1v) is 8.11. The summed E-state index contributed by atoms with van der Waals surface area (Å²) >= 11 is 3.51. The van der Waals surface area contributed by atoms with Crippen LogP contribution in [0.25, 0.3) is 0 Å². The van der Waals surface area contributed by atoms with E-state index < -0.39 is 0 Å². The van der Waals surface area contributed by atoms with Gasteiger partial charge in [0, 0.05) is 23.1 Å². The van der Waals surface area contributed by atoms with Crippen LogP contribution in [0, 0.1) is 0 Å². The molecule has 0 unspecified atom stereocenters. The van der Waals surface area contributed by atoms with Gasteiger partial charge in [-0.2, -0.15) is 0 Å². The summed E-state index contributed by atoms with van der Waals surface area (Å²) in [5, 5.41) is 2.97. The lowest BCUT2D eigenvalue weighted by Gasteiger charge is -2.11. The molecule has 0 spiro atoms. The summed E-state index contributed by atoms with van der Waals surface area (Å²) in [4.78, 5) is 14.2. The van der Waals surface area contributed by atoms with Crippen LogP contribution in [0.5, 0.6) is 0 Å². The maximum Gasteiger partial charge on any atom is 0.224 e. The van der Waals surface area contributed by atoms with Crippen molar-refractivity contribution < 1.29 is 4.79 Å². The standard InChI is InChI=1S/C18H21BrN2O/c1-21(2)13-14-6-5-8-16(12-14)20-18(22)11-10-15-7-3-4-9-17(15)19/h3-9,12H,10-11,13H2,1-2H3,(H,20,22). The Kier molecular flexibility index (Phi) is 6.16. The van der Waals surface area contributed by atoms with Crippen molar-refractivity contribution >= 4 is 27.5 Å². The molecular weight excluding hydrogens is 340 g/mol. The Hall–Kier alpha value is -1.65. The zero-order chi connectivity index (χ0) is 15.9. The van der Waals surface area contributed by atoms with E-state index in [1.165, 1.54) is 5.56 Å². The number of hydrogen-bond acceptors (Lipinski definition) is 2. The largest absolute Gasteiger partial charge is 0.326 e. The van der Waals surface area contributed by atoms with Gasteiger partial charge in [0.2, 0.25) is 5.91 Å². The first-order chi connectivity index (χ1) is 10.5. The van der Waals surface area contributed by atoms with Gasteiger partial charge in [0.15, 0.2) is 0 Å². The monoisotopic (exact) mass is 360 g/mol. The van der Waals surface area contributed by atoms with Crippen molar-refractivity contribution in [3.05, 3.63) is 64.1 Å². The molecule has 0 radical (unpaired) electrons. The number of anilines is 1. The van der Waals surface area contributed by atoms with E-state index in [4.69, 9.17) is 0 Å². The van der Waals surface area contributed by atoms with Crippen molar-refractivity contribution in [1.29, 1.82) is 0 Å². The van der Waals surface area contributed by atoms with Crippen molar-refractivity contribution in [2.75, 3.05) is 19.4 Å². The molecule has 0 aromatic heterocycles. The highest BCUT2D eigenvalue weighted by Crippen LogP contribution is 2.18. The van der Waals surface area contributed by atoms with Gasteiger partial charge < -0.3 is 10.2 Å². The lowest BCUT2D eigenvalue weighted by molar-refractivity contribution is -0.116. The molecule has 2 rings (SSSR count). The molecule has 0 saturated heterocycles.